The molecule has 1 heterocycles. The number of pyridine rings is 1. The highest BCUT2D eigenvalue weighted by atomic mass is 35.5. The Bertz CT molecular complexity index is 915. The van der Waals surface area contributed by atoms with Crippen LogP contribution >= 0.6 is 34.8 Å². The Morgan fingerprint density at radius 2 is 1.59 bits per heavy atom. The molecule has 32 heavy (non-hydrogen) atoms. The van der Waals surface area contributed by atoms with E-state index in [0.29, 0.717) is 17.6 Å². The van der Waals surface area contributed by atoms with Crippen LogP contribution in [0.2, 0.25) is 5.02 Å². The summed E-state index contributed by atoms with van der Waals surface area (Å²) in [7, 11) is 0. The van der Waals surface area contributed by atoms with Crippen molar-refractivity contribution >= 4 is 34.8 Å². The van der Waals surface area contributed by atoms with Crippen molar-refractivity contribution in [2.75, 3.05) is 19.8 Å². The molecule has 2 aromatic rings. The van der Waals surface area contributed by atoms with Crippen LogP contribution in [0.1, 0.15) is 17.7 Å². The van der Waals surface area contributed by atoms with Crippen molar-refractivity contribution in [3.8, 4) is 17.4 Å². The lowest BCUT2D eigenvalue weighted by molar-refractivity contribution is -0.145. The summed E-state index contributed by atoms with van der Waals surface area (Å²) < 4.78 is 92.6. The Kier molecular flexibility index (Phi) is 9.18. The van der Waals surface area contributed by atoms with Crippen LogP contribution in [0, 0.1) is 0 Å². The first-order valence-electron chi connectivity index (χ1n) is 8.72. The lowest BCUT2D eigenvalue weighted by Crippen LogP contribution is -2.14. The summed E-state index contributed by atoms with van der Waals surface area (Å²) in [5, 5.41) is 0.221. The summed E-state index contributed by atoms with van der Waals surface area (Å²) in [6.45, 7) is -0.0959. The maximum Gasteiger partial charge on any atom is 0.433 e. The fourth-order valence-electron chi connectivity index (χ4n) is 2.20. The van der Waals surface area contributed by atoms with Crippen LogP contribution in [-0.4, -0.2) is 24.8 Å². The molecular weight excluding hydrogens is 511 g/mol. The minimum absolute atomic E-state index is 0.0234. The van der Waals surface area contributed by atoms with E-state index in [-0.39, 0.29) is 41.8 Å². The zero-order chi connectivity index (χ0) is 23.9. The van der Waals surface area contributed by atoms with E-state index in [4.69, 9.17) is 49.0 Å². The highest BCUT2D eigenvalue weighted by Gasteiger charge is 2.38. The second-order valence-corrected chi connectivity index (χ2v) is 7.44. The lowest BCUT2D eigenvalue weighted by Gasteiger charge is -2.14. The maximum atomic E-state index is 12.8. The molecule has 0 aliphatic carbocycles. The summed E-state index contributed by atoms with van der Waals surface area (Å²) in [5.74, 6) is -0.0770. The normalized spacial score (nSPS) is 11.8. The van der Waals surface area contributed by atoms with Gasteiger partial charge in [0.1, 0.15) is 28.3 Å². The molecule has 176 valence electrons. The van der Waals surface area contributed by atoms with Gasteiger partial charge in [-0.2, -0.15) is 26.3 Å². The molecule has 1 aromatic heterocycles. The van der Waals surface area contributed by atoms with Crippen LogP contribution in [-0.2, 0) is 12.4 Å². The number of hydrogen-bond donors (Lipinski definition) is 0. The molecule has 0 radical (unpaired) electrons. The van der Waals surface area contributed by atoms with Gasteiger partial charge in [0.2, 0.25) is 5.88 Å². The molecule has 0 aliphatic rings. The van der Waals surface area contributed by atoms with E-state index >= 15 is 0 Å². The molecule has 1 aromatic carbocycles. The zero-order valence-electron chi connectivity index (χ0n) is 15.9. The van der Waals surface area contributed by atoms with E-state index in [1.807, 2.05) is 0 Å². The smallest absolute Gasteiger partial charge is 0.433 e. The number of ether oxygens (including phenoxy) is 3. The molecule has 0 amide bonds. The van der Waals surface area contributed by atoms with E-state index in [1.54, 1.807) is 6.07 Å². The highest BCUT2D eigenvalue weighted by molar-refractivity contribution is 6.55. The molecule has 0 aliphatic heterocycles. The van der Waals surface area contributed by atoms with E-state index < -0.39 is 29.5 Å². The second kappa shape index (κ2) is 11.2. The van der Waals surface area contributed by atoms with Crippen molar-refractivity contribution in [1.29, 1.82) is 0 Å². The Hall–Kier alpha value is -2.04. The predicted octanol–water partition coefficient (Wildman–Crippen LogP) is 7.32. The summed E-state index contributed by atoms with van der Waals surface area (Å²) in [4.78, 5) is 3.09. The molecule has 0 fully saturated rings. The van der Waals surface area contributed by atoms with Crippen molar-refractivity contribution in [2.45, 2.75) is 18.8 Å². The molecule has 0 unspecified atom stereocenters. The SMILES string of the molecule is FC(F)(F)c1cc(OCCCOc2ccc(OCC=C(Cl)Cl)cc2Cl)nc(C(F)(F)F)c1. The fourth-order valence-corrected chi connectivity index (χ4v) is 2.55. The van der Waals surface area contributed by atoms with Crippen LogP contribution in [0.15, 0.2) is 40.9 Å². The quantitative estimate of drug-likeness (QED) is 0.255. The minimum atomic E-state index is -5.05. The summed E-state index contributed by atoms with van der Waals surface area (Å²) >= 11 is 17.0. The van der Waals surface area contributed by atoms with Gasteiger partial charge in [0.25, 0.3) is 0 Å². The van der Waals surface area contributed by atoms with Gasteiger partial charge in [0, 0.05) is 18.6 Å². The predicted molar refractivity (Wildman–Crippen MR) is 107 cm³/mol. The highest BCUT2D eigenvalue weighted by Crippen LogP contribution is 2.36. The monoisotopic (exact) mass is 523 g/mol. The van der Waals surface area contributed by atoms with Crippen molar-refractivity contribution in [3.63, 3.8) is 0 Å². The molecule has 0 N–H and O–H groups in total. The van der Waals surface area contributed by atoms with E-state index in [2.05, 4.69) is 4.98 Å². The Balaban J connectivity index is 1.89. The maximum absolute atomic E-state index is 12.8. The van der Waals surface area contributed by atoms with Crippen LogP contribution in [0.5, 0.6) is 17.4 Å². The van der Waals surface area contributed by atoms with Crippen LogP contribution in [0.25, 0.3) is 0 Å². The van der Waals surface area contributed by atoms with E-state index in [9.17, 15) is 26.3 Å². The van der Waals surface area contributed by atoms with Crippen molar-refractivity contribution in [3.05, 3.63) is 57.2 Å². The molecule has 0 spiro atoms. The Morgan fingerprint density at radius 3 is 2.19 bits per heavy atom. The largest absolute Gasteiger partial charge is 0.492 e. The standard InChI is InChI=1S/C19H14Cl3F6NO3/c20-13-10-12(30-7-4-16(21)22)2-3-14(13)31-5-1-6-32-17-9-11(18(23,24)25)8-15(29-17)19(26,27)28/h2-4,8-10H,1,5-7H2. The van der Waals surface area contributed by atoms with Gasteiger partial charge in [-0.15, -0.1) is 0 Å². The molecule has 0 atom stereocenters. The second-order valence-electron chi connectivity index (χ2n) is 6.02. The number of nitrogens with zero attached hydrogens (tertiary/aromatic N) is 1. The molecule has 4 nitrogen and oxygen atoms in total. The van der Waals surface area contributed by atoms with Gasteiger partial charge in [-0.25, -0.2) is 4.98 Å². The van der Waals surface area contributed by atoms with Gasteiger partial charge in [0.05, 0.1) is 23.8 Å². The van der Waals surface area contributed by atoms with Gasteiger partial charge in [-0.3, -0.25) is 0 Å². The zero-order valence-corrected chi connectivity index (χ0v) is 18.1. The number of benzene rings is 1. The van der Waals surface area contributed by atoms with E-state index in [1.165, 1.54) is 18.2 Å². The first-order chi connectivity index (χ1) is 14.9. The third-order valence-electron chi connectivity index (χ3n) is 3.61. The minimum Gasteiger partial charge on any atom is -0.492 e. The molecule has 0 saturated heterocycles. The van der Waals surface area contributed by atoms with Gasteiger partial charge >= 0.3 is 12.4 Å². The average Bonchev–Trinajstić information content (AvgIpc) is 2.67. The van der Waals surface area contributed by atoms with E-state index in [0.717, 1.165) is 0 Å². The molecule has 2 rings (SSSR count). The van der Waals surface area contributed by atoms with Gasteiger partial charge in [-0.05, 0) is 24.3 Å². The van der Waals surface area contributed by atoms with Crippen molar-refractivity contribution in [1.82, 2.24) is 4.98 Å². The number of halogens is 9. The Morgan fingerprint density at radius 1 is 0.906 bits per heavy atom. The van der Waals surface area contributed by atoms with Gasteiger partial charge < -0.3 is 14.2 Å². The van der Waals surface area contributed by atoms with Crippen LogP contribution in [0.4, 0.5) is 26.3 Å². The summed E-state index contributed by atoms with van der Waals surface area (Å²) in [6, 6.07) is 4.90. The molecule has 0 bridgehead atoms. The summed E-state index contributed by atoms with van der Waals surface area (Å²) in [5.41, 5.74) is -3.21. The fraction of sp³-hybridized carbons (Fsp3) is 0.316. The number of alkyl halides is 6. The van der Waals surface area contributed by atoms with Crippen LogP contribution < -0.4 is 14.2 Å². The van der Waals surface area contributed by atoms with Crippen molar-refractivity contribution in [2.24, 2.45) is 0 Å². The molecular formula is C19H14Cl3F6NO3. The number of aromatic nitrogens is 1. The number of rotatable bonds is 9. The van der Waals surface area contributed by atoms with Gasteiger partial charge in [-0.1, -0.05) is 34.8 Å². The first kappa shape index (κ1) is 26.2. The third kappa shape index (κ3) is 8.48. The van der Waals surface area contributed by atoms with Crippen molar-refractivity contribution < 1.29 is 40.6 Å². The molecule has 13 heteroatoms. The average molecular weight is 525 g/mol. The first-order valence-corrected chi connectivity index (χ1v) is 9.85. The lowest BCUT2D eigenvalue weighted by atomic mass is 10.2. The number of hydrogen-bond acceptors (Lipinski definition) is 4. The Labute approximate surface area is 193 Å². The topological polar surface area (TPSA) is 40.6 Å². The van der Waals surface area contributed by atoms with Gasteiger partial charge in [0.15, 0.2) is 0 Å². The third-order valence-corrected chi connectivity index (χ3v) is 4.21. The molecule has 0 saturated carbocycles. The van der Waals surface area contributed by atoms with Crippen LogP contribution in [0.3, 0.4) is 0 Å². The summed E-state index contributed by atoms with van der Waals surface area (Å²) in [6.07, 6.45) is -8.48.